The Hall–Kier alpha value is -1.59. The molecule has 0 aromatic heterocycles. The lowest BCUT2D eigenvalue weighted by Gasteiger charge is -2.35. The number of benzene rings is 1. The van der Waals surface area contributed by atoms with Gasteiger partial charge in [0.1, 0.15) is 0 Å². The highest BCUT2D eigenvalue weighted by molar-refractivity contribution is 6.31. The number of halogens is 1. The van der Waals surface area contributed by atoms with Crippen molar-refractivity contribution in [3.63, 3.8) is 0 Å². The van der Waals surface area contributed by atoms with Crippen LogP contribution in [0.4, 0.5) is 0 Å². The van der Waals surface area contributed by atoms with Crippen LogP contribution in [-0.2, 0) is 16.1 Å². The average Bonchev–Trinajstić information content (AvgIpc) is 2.53. The molecule has 0 bridgehead atoms. The third kappa shape index (κ3) is 4.95. The van der Waals surface area contributed by atoms with Crippen molar-refractivity contribution in [2.75, 3.05) is 19.6 Å². The second-order valence-corrected chi connectivity index (χ2v) is 7.08. The van der Waals surface area contributed by atoms with Gasteiger partial charge in [-0.25, -0.2) is 0 Å². The highest BCUT2D eigenvalue weighted by atomic mass is 35.5. The minimum absolute atomic E-state index is 0.000913. The molecule has 132 valence electrons. The molecule has 1 saturated heterocycles. The Bertz CT molecular complexity index is 583. The summed E-state index contributed by atoms with van der Waals surface area (Å²) in [6.07, 6.45) is 1.52. The summed E-state index contributed by atoms with van der Waals surface area (Å²) in [5.74, 6) is -0.148. The van der Waals surface area contributed by atoms with E-state index >= 15 is 0 Å². The quantitative estimate of drug-likeness (QED) is 0.855. The summed E-state index contributed by atoms with van der Waals surface area (Å²) < 4.78 is 0. The molecule has 2 rings (SSSR count). The van der Waals surface area contributed by atoms with E-state index in [0.29, 0.717) is 11.6 Å². The van der Waals surface area contributed by atoms with Gasteiger partial charge in [-0.05, 0) is 51.4 Å². The zero-order valence-corrected chi connectivity index (χ0v) is 15.1. The molecule has 5 nitrogen and oxygen atoms in total. The fourth-order valence-corrected chi connectivity index (χ4v) is 3.31. The first-order valence-corrected chi connectivity index (χ1v) is 8.80. The number of rotatable bonds is 6. The first-order valence-electron chi connectivity index (χ1n) is 8.43. The van der Waals surface area contributed by atoms with Crippen molar-refractivity contribution in [2.45, 2.75) is 39.3 Å². The minimum atomic E-state index is -0.317. The number of piperidine rings is 1. The Morgan fingerprint density at radius 1 is 1.29 bits per heavy atom. The molecule has 0 spiro atoms. The van der Waals surface area contributed by atoms with Gasteiger partial charge in [0.15, 0.2) is 0 Å². The molecule has 0 radical (unpaired) electrons. The van der Waals surface area contributed by atoms with Gasteiger partial charge in [0.2, 0.25) is 11.8 Å². The van der Waals surface area contributed by atoms with Crippen LogP contribution < -0.4 is 5.73 Å². The van der Waals surface area contributed by atoms with E-state index in [4.69, 9.17) is 17.3 Å². The maximum absolute atomic E-state index is 13.0. The molecule has 1 fully saturated rings. The zero-order valence-electron chi connectivity index (χ0n) is 14.4. The van der Waals surface area contributed by atoms with Crippen LogP contribution >= 0.6 is 11.6 Å². The smallest absolute Gasteiger partial charge is 0.231 e. The molecule has 24 heavy (non-hydrogen) atoms. The largest absolute Gasteiger partial charge is 0.369 e. The lowest BCUT2D eigenvalue weighted by atomic mass is 9.94. The van der Waals surface area contributed by atoms with Gasteiger partial charge >= 0.3 is 0 Å². The number of amides is 2. The molecule has 1 aliphatic heterocycles. The van der Waals surface area contributed by atoms with Gasteiger partial charge in [-0.3, -0.25) is 14.5 Å². The van der Waals surface area contributed by atoms with Crippen molar-refractivity contribution < 1.29 is 9.59 Å². The van der Waals surface area contributed by atoms with Gasteiger partial charge < -0.3 is 10.6 Å². The van der Waals surface area contributed by atoms with Crippen LogP contribution in [0.5, 0.6) is 0 Å². The van der Waals surface area contributed by atoms with Crippen LogP contribution in [0.15, 0.2) is 24.3 Å². The van der Waals surface area contributed by atoms with E-state index in [2.05, 4.69) is 0 Å². The number of carbonyl (C=O) groups is 2. The third-order valence-corrected chi connectivity index (χ3v) is 4.89. The fraction of sp³-hybridized carbons (Fsp3) is 0.556. The highest BCUT2D eigenvalue weighted by Crippen LogP contribution is 2.24. The Balaban J connectivity index is 2.00. The molecule has 1 aromatic rings. The van der Waals surface area contributed by atoms with Gasteiger partial charge in [0.05, 0.1) is 6.54 Å². The molecule has 1 aliphatic rings. The molecule has 2 N–H and O–H groups in total. The summed E-state index contributed by atoms with van der Waals surface area (Å²) in [6, 6.07) is 7.74. The third-order valence-electron chi connectivity index (χ3n) is 4.52. The predicted molar refractivity (Wildman–Crippen MR) is 95.5 cm³/mol. The second-order valence-electron chi connectivity index (χ2n) is 6.67. The number of carbonyl (C=O) groups excluding carboxylic acids is 2. The number of nitrogens with zero attached hydrogens (tertiary/aromatic N) is 2. The topological polar surface area (TPSA) is 66.6 Å². The molecule has 0 unspecified atom stereocenters. The number of hydrogen-bond acceptors (Lipinski definition) is 3. The van der Waals surface area contributed by atoms with E-state index in [0.717, 1.165) is 31.5 Å². The van der Waals surface area contributed by atoms with E-state index < -0.39 is 0 Å². The van der Waals surface area contributed by atoms with Crippen molar-refractivity contribution in [1.82, 2.24) is 9.80 Å². The molecule has 0 aliphatic carbocycles. The maximum atomic E-state index is 13.0. The Kier molecular flexibility index (Phi) is 6.63. The van der Waals surface area contributed by atoms with Gasteiger partial charge in [0.25, 0.3) is 0 Å². The molecular formula is C18H26ClN3O2. The normalized spacial score (nSPS) is 16.3. The van der Waals surface area contributed by atoms with Crippen LogP contribution in [0.3, 0.4) is 0 Å². The Morgan fingerprint density at radius 3 is 2.46 bits per heavy atom. The standard InChI is InChI=1S/C18H26ClN3O2/c1-13(2)22(11-15-5-3-4-6-16(15)19)18(24)14-7-9-21(10-8-14)12-17(20)23/h3-6,13-14H,7-12H2,1-2H3,(H2,20,23). The molecular weight excluding hydrogens is 326 g/mol. The molecule has 2 amide bonds. The zero-order chi connectivity index (χ0) is 17.7. The van der Waals surface area contributed by atoms with E-state index in [1.54, 1.807) is 0 Å². The van der Waals surface area contributed by atoms with E-state index in [1.807, 2.05) is 47.9 Å². The lowest BCUT2D eigenvalue weighted by molar-refractivity contribution is -0.139. The molecule has 0 saturated carbocycles. The van der Waals surface area contributed by atoms with Crippen LogP contribution in [-0.4, -0.2) is 47.3 Å². The van der Waals surface area contributed by atoms with Crippen molar-refractivity contribution in [2.24, 2.45) is 11.7 Å². The summed E-state index contributed by atoms with van der Waals surface area (Å²) in [6.45, 7) is 6.31. The summed E-state index contributed by atoms with van der Waals surface area (Å²) in [7, 11) is 0. The monoisotopic (exact) mass is 351 g/mol. The van der Waals surface area contributed by atoms with Crippen molar-refractivity contribution >= 4 is 23.4 Å². The van der Waals surface area contributed by atoms with Gasteiger partial charge in [-0.15, -0.1) is 0 Å². The average molecular weight is 352 g/mol. The number of likely N-dealkylation sites (tertiary alicyclic amines) is 1. The van der Waals surface area contributed by atoms with Crippen molar-refractivity contribution in [3.05, 3.63) is 34.9 Å². The van der Waals surface area contributed by atoms with Gasteiger partial charge in [-0.2, -0.15) is 0 Å². The predicted octanol–water partition coefficient (Wildman–Crippen LogP) is 2.27. The molecule has 0 atom stereocenters. The van der Waals surface area contributed by atoms with Crippen molar-refractivity contribution in [1.29, 1.82) is 0 Å². The SMILES string of the molecule is CC(C)N(Cc1ccccc1Cl)C(=O)C1CCN(CC(N)=O)CC1. The van der Waals surface area contributed by atoms with Gasteiger partial charge in [-0.1, -0.05) is 29.8 Å². The second kappa shape index (κ2) is 8.49. The maximum Gasteiger partial charge on any atom is 0.231 e. The van der Waals surface area contributed by atoms with Crippen molar-refractivity contribution in [3.8, 4) is 0 Å². The number of hydrogen-bond donors (Lipinski definition) is 1. The lowest BCUT2D eigenvalue weighted by Crippen LogP contribution is -2.46. The summed E-state index contributed by atoms with van der Waals surface area (Å²) >= 11 is 6.24. The Labute approximate surface area is 148 Å². The summed E-state index contributed by atoms with van der Waals surface area (Å²) in [5.41, 5.74) is 6.20. The highest BCUT2D eigenvalue weighted by Gasteiger charge is 2.30. The van der Waals surface area contributed by atoms with Crippen LogP contribution in [0.2, 0.25) is 5.02 Å². The first kappa shape index (κ1) is 18.7. The van der Waals surface area contributed by atoms with Crippen LogP contribution in [0.1, 0.15) is 32.3 Å². The first-order chi connectivity index (χ1) is 11.4. The van der Waals surface area contributed by atoms with E-state index in [1.165, 1.54) is 0 Å². The number of primary amides is 1. The summed E-state index contributed by atoms with van der Waals surface area (Å²) in [5, 5.41) is 0.687. The molecule has 1 heterocycles. The molecule has 6 heteroatoms. The van der Waals surface area contributed by atoms with E-state index in [9.17, 15) is 9.59 Å². The minimum Gasteiger partial charge on any atom is -0.369 e. The fourth-order valence-electron chi connectivity index (χ4n) is 3.12. The van der Waals surface area contributed by atoms with Gasteiger partial charge in [0, 0.05) is 23.5 Å². The molecule has 1 aromatic carbocycles. The van der Waals surface area contributed by atoms with Crippen LogP contribution in [0, 0.1) is 5.92 Å². The Morgan fingerprint density at radius 2 is 1.92 bits per heavy atom. The van der Waals surface area contributed by atoms with Crippen LogP contribution in [0.25, 0.3) is 0 Å². The van der Waals surface area contributed by atoms with E-state index in [-0.39, 0.29) is 30.3 Å². The number of nitrogens with two attached hydrogens (primary N) is 1. The summed E-state index contributed by atoms with van der Waals surface area (Å²) in [4.78, 5) is 27.9.